The van der Waals surface area contributed by atoms with Crippen LogP contribution in [0.5, 0.6) is 0 Å². The molecule has 0 aliphatic rings. The lowest BCUT2D eigenvalue weighted by atomic mass is 10.0. The van der Waals surface area contributed by atoms with Crippen LogP contribution in [-0.2, 0) is 9.32 Å². The molecule has 0 saturated carbocycles. The quantitative estimate of drug-likeness (QED) is 0.0188. The number of hydrogen-bond acceptors (Lipinski definition) is 21. The summed E-state index contributed by atoms with van der Waals surface area (Å²) in [5, 5.41) is 52.3. The van der Waals surface area contributed by atoms with Gasteiger partial charge in [0.25, 0.3) is 0 Å². The normalized spacial score (nSPS) is 11.2. The third-order valence-corrected chi connectivity index (χ3v) is 20.3. The van der Waals surface area contributed by atoms with Gasteiger partial charge in [-0.05, 0) is 119 Å². The van der Waals surface area contributed by atoms with Gasteiger partial charge < -0.3 is 26.2 Å². The highest BCUT2D eigenvalue weighted by Crippen LogP contribution is 2.39. The first-order chi connectivity index (χ1) is 57.2. The summed E-state index contributed by atoms with van der Waals surface area (Å²) in [6.45, 7) is 1.86. The van der Waals surface area contributed by atoms with Gasteiger partial charge in [0, 0.05) is 81.0 Å². The number of H-pyrrole nitrogens is 4. The van der Waals surface area contributed by atoms with Gasteiger partial charge in [-0.25, -0.2) is 53.0 Å². The smallest absolute Gasteiger partial charge is 0.165 e. The van der Waals surface area contributed by atoms with Gasteiger partial charge in [-0.15, -0.1) is 9.32 Å². The van der Waals surface area contributed by atoms with Crippen molar-refractivity contribution in [3.63, 3.8) is 0 Å². The van der Waals surface area contributed by atoms with E-state index >= 15 is 0 Å². The first-order valence-electron chi connectivity index (χ1n) is 36.3. The predicted molar refractivity (Wildman–Crippen MR) is 459 cm³/mol. The van der Waals surface area contributed by atoms with Crippen LogP contribution in [0.25, 0.3) is 133 Å². The van der Waals surface area contributed by atoms with Crippen LogP contribution >= 0.6 is 35.2 Å². The molecule has 574 valence electrons. The molecule has 20 aromatic rings. The molecule has 0 radical (unpaired) electrons. The molecule has 8 aromatic heterocycles. The van der Waals surface area contributed by atoms with E-state index in [0.29, 0.717) is 95.3 Å². The molecular formula is C87H63Cl2F3N22O2S. The minimum absolute atomic E-state index is 0.108. The number of nitrogens with zero attached hydrogens (tertiary/aromatic N) is 13. The van der Waals surface area contributed by atoms with E-state index < -0.39 is 11.6 Å². The van der Waals surface area contributed by atoms with Gasteiger partial charge in [0.05, 0.1) is 49.5 Å². The zero-order chi connectivity index (χ0) is 80.0. The molecule has 24 nitrogen and oxygen atoms in total. The van der Waals surface area contributed by atoms with Gasteiger partial charge in [0.1, 0.15) is 56.8 Å². The minimum atomic E-state index is -0.719. The van der Waals surface area contributed by atoms with Gasteiger partial charge in [-0.1, -0.05) is 187 Å². The van der Waals surface area contributed by atoms with E-state index in [1.807, 2.05) is 208 Å². The summed E-state index contributed by atoms with van der Waals surface area (Å²) in [5.74, 6) is 10.5. The molecule has 0 aliphatic heterocycles. The molecule has 0 saturated heterocycles. The summed E-state index contributed by atoms with van der Waals surface area (Å²) in [6.07, 6.45) is 0. The third kappa shape index (κ3) is 15.9. The lowest BCUT2D eigenvalue weighted by Crippen LogP contribution is -2.12. The first kappa shape index (κ1) is 75.2. The molecule has 12 aromatic carbocycles. The number of rotatable bonds is 16. The highest BCUT2D eigenvalue weighted by molar-refractivity contribution is 7.94. The highest BCUT2D eigenvalue weighted by Gasteiger charge is 2.22. The van der Waals surface area contributed by atoms with Gasteiger partial charge in [-0.2, -0.15) is 26.3 Å². The summed E-state index contributed by atoms with van der Waals surface area (Å²) >= 11 is 13.5. The number of nitrogens with two attached hydrogens (primary N) is 1. The van der Waals surface area contributed by atoms with E-state index in [1.54, 1.807) is 24.3 Å². The van der Waals surface area contributed by atoms with Crippen molar-refractivity contribution in [2.24, 2.45) is 5.90 Å². The Hall–Kier alpha value is -14.5. The molecule has 8 heterocycles. The average molecular weight is 1610 g/mol. The lowest BCUT2D eigenvalue weighted by molar-refractivity contribution is -0.195. The maximum Gasteiger partial charge on any atom is 0.165 e. The van der Waals surface area contributed by atoms with Crippen LogP contribution in [0.1, 0.15) is 5.56 Å². The van der Waals surface area contributed by atoms with E-state index in [4.69, 9.17) is 53.4 Å². The molecule has 10 N–H and O–H groups in total. The summed E-state index contributed by atoms with van der Waals surface area (Å²) in [6, 6.07) is 83.6. The number of benzene rings is 12. The Balaban J connectivity index is 0.000000112. The van der Waals surface area contributed by atoms with E-state index in [2.05, 4.69) is 129 Å². The average Bonchev–Trinajstić information content (AvgIpc) is 1.51. The van der Waals surface area contributed by atoms with Crippen molar-refractivity contribution in [1.82, 2.24) is 80.7 Å². The molecule has 0 spiro atoms. The Morgan fingerprint density at radius 2 is 0.786 bits per heavy atom. The van der Waals surface area contributed by atoms with Crippen LogP contribution in [0.3, 0.4) is 0 Å². The largest absolute Gasteiger partial charge is 0.363 e. The molecule has 0 atom stereocenters. The number of aromatic amines is 4. The molecule has 20 rings (SSSR count). The Morgan fingerprint density at radius 1 is 0.368 bits per heavy atom. The molecular weight excluding hydrogens is 1550 g/mol. The minimum Gasteiger partial charge on any atom is -0.363 e. The van der Waals surface area contributed by atoms with Crippen LogP contribution in [0.15, 0.2) is 272 Å². The summed E-state index contributed by atoms with van der Waals surface area (Å²) in [4.78, 5) is 43.7. The molecule has 0 fully saturated rings. The fourth-order valence-corrected chi connectivity index (χ4v) is 14.1. The van der Waals surface area contributed by atoms with Crippen molar-refractivity contribution in [2.75, 3.05) is 40.3 Å². The Bertz CT molecular complexity index is 7100. The van der Waals surface area contributed by atoms with Crippen molar-refractivity contribution in [2.45, 2.75) is 11.9 Å². The topological polar surface area (TPSA) is 314 Å². The van der Waals surface area contributed by atoms with Crippen LogP contribution in [-0.4, -0.2) is 94.8 Å². The molecule has 0 bridgehead atoms. The molecule has 30 heteroatoms. The SMILES string of the molecule is CN(C)c1cc(Nc2n[nH]c3c(F)cc(F)cc23)nc(-c2ccccc2Cl)n1.Cc1c(Nc2n[nH]c3ccccc23)nc(-c2ccccc2Cl)nc1SOON.Fc1cccc2c(Nc3nc(-c4cccc5ccccc45)nc4ccccc34)n[nH]c12.c1ccc2c(-c3nc(Nc4n[nH]c5ccccc45)c4ccccc4n3)cccc2c1. The van der Waals surface area contributed by atoms with Crippen LogP contribution in [0.2, 0.25) is 10.0 Å². The predicted octanol–water partition coefficient (Wildman–Crippen LogP) is 21.6. The van der Waals surface area contributed by atoms with E-state index in [0.717, 1.165) is 106 Å². The Morgan fingerprint density at radius 3 is 1.34 bits per heavy atom. The summed E-state index contributed by atoms with van der Waals surface area (Å²) < 4.78 is 46.5. The lowest BCUT2D eigenvalue weighted by Gasteiger charge is -2.15. The first-order valence-corrected chi connectivity index (χ1v) is 37.8. The number of aromatic nitrogens is 16. The number of fused-ring (bicyclic) bond motifs is 8. The van der Waals surface area contributed by atoms with Crippen LogP contribution in [0.4, 0.5) is 65.5 Å². The van der Waals surface area contributed by atoms with Crippen molar-refractivity contribution in [3.8, 4) is 45.6 Å². The van der Waals surface area contributed by atoms with Crippen molar-refractivity contribution < 1.29 is 22.5 Å². The second-order valence-corrected chi connectivity index (χ2v) is 28.1. The van der Waals surface area contributed by atoms with Gasteiger partial charge >= 0.3 is 0 Å². The summed E-state index contributed by atoms with van der Waals surface area (Å²) in [7, 11) is 3.69. The molecule has 117 heavy (non-hydrogen) atoms. The maximum absolute atomic E-state index is 14.1. The van der Waals surface area contributed by atoms with Crippen LogP contribution < -0.4 is 32.1 Å². The summed E-state index contributed by atoms with van der Waals surface area (Å²) in [5.41, 5.74) is 8.12. The van der Waals surface area contributed by atoms with E-state index in [9.17, 15) is 13.2 Å². The molecule has 0 unspecified atom stereocenters. The second kappa shape index (κ2) is 33.3. The zero-order valence-electron chi connectivity index (χ0n) is 61.9. The standard InChI is InChI=1S/C25H16FN5.C25H17N5.C19H15ClF2N6.C18H15ClN6O2S/c26-20-13-6-12-19-22(20)30-31-25(19)29-24-18-10-3-4-14-21(18)27-23(28-24)17-11-5-8-15-7-1-2-9-16(15)17;1-2-10-17-16(8-1)9-7-13-18(17)23-26-21-14-5-3-11-19(21)24(27-23)28-25-20-12-4-6-15-22(20)29-30-25;1-28(2)16-9-15(23-18(25-16)11-5-3-4-6-13(11)20)24-19-12-7-10(21)8-14(22)17(12)26-27-19;1-10-15(22-17-12-7-3-5-9-14(12)24-25-17)21-16(23-18(10)28-27-26-20)11-6-2-4-8-13(11)19/h1-14H,(H2,27,28,29,30,31);1-15H,(H2,26,27,28,29,30);3-9H,1-2H3,(H2,23,24,25,26,27);2-9H,20H2,1H3,(H2,21,22,23,24,25). The van der Waals surface area contributed by atoms with Gasteiger partial charge in [-0.3, -0.25) is 20.4 Å². The van der Waals surface area contributed by atoms with E-state index in [-0.39, 0.29) is 22.5 Å². The number of para-hydroxylation sites is 5. The number of halogens is 5. The Labute approximate surface area is 677 Å². The molecule has 0 aliphatic carbocycles. The maximum atomic E-state index is 14.1. The van der Waals surface area contributed by atoms with E-state index in [1.165, 1.54) is 17.5 Å². The fourth-order valence-electron chi connectivity index (χ4n) is 13.2. The molecule has 0 amide bonds. The Kier molecular flexibility index (Phi) is 21.4. The number of anilines is 9. The second-order valence-electron chi connectivity index (χ2n) is 26.6. The number of hydrogen-bond donors (Lipinski definition) is 9. The van der Waals surface area contributed by atoms with Gasteiger partial charge in [0.15, 0.2) is 52.4 Å². The third-order valence-electron chi connectivity index (χ3n) is 19.0. The van der Waals surface area contributed by atoms with Crippen molar-refractivity contribution >= 4 is 175 Å². The van der Waals surface area contributed by atoms with Crippen molar-refractivity contribution in [3.05, 3.63) is 300 Å². The van der Waals surface area contributed by atoms with Gasteiger partial charge in [0.2, 0.25) is 0 Å². The monoisotopic (exact) mass is 1610 g/mol. The highest BCUT2D eigenvalue weighted by atomic mass is 35.5. The number of nitrogens with one attached hydrogen (secondary N) is 8. The van der Waals surface area contributed by atoms with Crippen LogP contribution in [0, 0.1) is 24.4 Å². The fraction of sp³-hybridized carbons (Fsp3) is 0.0345. The zero-order valence-corrected chi connectivity index (χ0v) is 64.2. The van der Waals surface area contributed by atoms with Crippen molar-refractivity contribution in [1.29, 1.82) is 0 Å².